The van der Waals surface area contributed by atoms with Crippen LogP contribution >= 0.6 is 11.3 Å². The summed E-state index contributed by atoms with van der Waals surface area (Å²) in [6, 6.07) is 4.92. The van der Waals surface area contributed by atoms with Gasteiger partial charge in [-0.05, 0) is 17.5 Å². The molecule has 0 unspecified atom stereocenters. The van der Waals surface area contributed by atoms with E-state index in [-0.39, 0.29) is 11.4 Å². The molecule has 0 fully saturated rings. The Morgan fingerprint density at radius 2 is 2.35 bits per heavy atom. The molecule has 17 heavy (non-hydrogen) atoms. The van der Waals surface area contributed by atoms with Gasteiger partial charge >= 0.3 is 5.97 Å². The first-order valence-corrected chi connectivity index (χ1v) is 5.70. The highest BCUT2D eigenvalue weighted by molar-refractivity contribution is 7.09. The maximum Gasteiger partial charge on any atom is 0.338 e. The lowest BCUT2D eigenvalue weighted by molar-refractivity contribution is 0.0692. The average Bonchev–Trinajstić information content (AvgIpc) is 2.80. The van der Waals surface area contributed by atoms with Crippen LogP contribution < -0.4 is 5.32 Å². The predicted octanol–water partition coefficient (Wildman–Crippen LogP) is 2.59. The van der Waals surface area contributed by atoms with E-state index >= 15 is 0 Å². The monoisotopic (exact) mass is 252 g/mol. The number of hydrogen-bond acceptors (Lipinski definition) is 4. The highest BCUT2D eigenvalue weighted by atomic mass is 32.1. The Bertz CT molecular complexity index is 528. The summed E-state index contributed by atoms with van der Waals surface area (Å²) in [5.74, 6) is -2.18. The van der Waals surface area contributed by atoms with Gasteiger partial charge in [-0.3, -0.25) is 0 Å². The molecule has 2 aromatic rings. The zero-order valence-corrected chi connectivity index (χ0v) is 9.50. The second-order valence-corrected chi connectivity index (χ2v) is 4.29. The van der Waals surface area contributed by atoms with Gasteiger partial charge in [-0.1, -0.05) is 6.07 Å². The molecule has 4 nitrogen and oxygen atoms in total. The second-order valence-electron chi connectivity index (χ2n) is 3.26. The van der Waals surface area contributed by atoms with E-state index in [4.69, 9.17) is 5.11 Å². The van der Waals surface area contributed by atoms with Crippen LogP contribution in [-0.4, -0.2) is 16.1 Å². The number of nitrogens with one attached hydrogen (secondary N) is 1. The number of thiophene rings is 1. The van der Waals surface area contributed by atoms with Crippen molar-refractivity contribution in [3.63, 3.8) is 0 Å². The number of pyridine rings is 1. The molecule has 0 bridgehead atoms. The molecular weight excluding hydrogens is 243 g/mol. The maximum atomic E-state index is 13.6. The summed E-state index contributed by atoms with van der Waals surface area (Å²) in [5, 5.41) is 13.4. The highest BCUT2D eigenvalue weighted by Crippen LogP contribution is 2.17. The van der Waals surface area contributed by atoms with Crippen molar-refractivity contribution in [1.82, 2.24) is 4.98 Å². The summed E-state index contributed by atoms with van der Waals surface area (Å²) in [5.41, 5.74) is -0.381. The lowest BCUT2D eigenvalue weighted by Crippen LogP contribution is -2.07. The van der Waals surface area contributed by atoms with Crippen molar-refractivity contribution in [2.24, 2.45) is 0 Å². The van der Waals surface area contributed by atoms with Gasteiger partial charge in [0.1, 0.15) is 5.56 Å². The van der Waals surface area contributed by atoms with Gasteiger partial charge in [-0.25, -0.2) is 14.2 Å². The van der Waals surface area contributed by atoms with Gasteiger partial charge in [-0.2, -0.15) is 0 Å². The highest BCUT2D eigenvalue weighted by Gasteiger charge is 2.14. The molecule has 2 heterocycles. The first kappa shape index (κ1) is 11.5. The molecule has 0 saturated heterocycles. The zero-order chi connectivity index (χ0) is 12.3. The normalized spacial score (nSPS) is 10.2. The third-order valence-electron chi connectivity index (χ3n) is 2.13. The predicted molar refractivity (Wildman–Crippen MR) is 62.8 cm³/mol. The van der Waals surface area contributed by atoms with Gasteiger partial charge in [0, 0.05) is 11.1 Å². The fourth-order valence-electron chi connectivity index (χ4n) is 1.32. The van der Waals surface area contributed by atoms with Crippen molar-refractivity contribution in [3.8, 4) is 0 Å². The summed E-state index contributed by atoms with van der Waals surface area (Å²) < 4.78 is 13.6. The molecule has 88 valence electrons. The summed E-state index contributed by atoms with van der Waals surface area (Å²) in [6.07, 6.45) is 1.27. The zero-order valence-electron chi connectivity index (χ0n) is 8.68. The van der Waals surface area contributed by atoms with Crippen LogP contribution in [0, 0.1) is 5.82 Å². The van der Waals surface area contributed by atoms with Crippen molar-refractivity contribution < 1.29 is 14.3 Å². The SMILES string of the molecule is O=C(O)c1ccnc(NCc2cccs2)c1F. The summed E-state index contributed by atoms with van der Waals surface area (Å²) >= 11 is 1.53. The first-order chi connectivity index (χ1) is 8.18. The number of carboxylic acid groups (broad SMARTS) is 1. The molecule has 2 N–H and O–H groups in total. The lowest BCUT2D eigenvalue weighted by atomic mass is 10.2. The van der Waals surface area contributed by atoms with Gasteiger partial charge in [0.05, 0.1) is 6.54 Å². The fraction of sp³-hybridized carbons (Fsp3) is 0.0909. The molecule has 6 heteroatoms. The van der Waals surface area contributed by atoms with Crippen molar-refractivity contribution in [2.45, 2.75) is 6.54 Å². The molecule has 0 aromatic carbocycles. The largest absolute Gasteiger partial charge is 0.478 e. The Hall–Kier alpha value is -1.95. The number of anilines is 1. The third kappa shape index (κ3) is 2.59. The second kappa shape index (κ2) is 4.92. The number of rotatable bonds is 4. The van der Waals surface area contributed by atoms with Crippen LogP contribution in [0.2, 0.25) is 0 Å². The van der Waals surface area contributed by atoms with E-state index in [1.807, 2.05) is 17.5 Å². The van der Waals surface area contributed by atoms with Crippen molar-refractivity contribution in [2.75, 3.05) is 5.32 Å². The number of halogens is 1. The van der Waals surface area contributed by atoms with Crippen LogP contribution in [0.15, 0.2) is 29.8 Å². The van der Waals surface area contributed by atoms with Crippen molar-refractivity contribution in [1.29, 1.82) is 0 Å². The van der Waals surface area contributed by atoms with Crippen LogP contribution in [0.4, 0.5) is 10.2 Å². The molecule has 0 spiro atoms. The topological polar surface area (TPSA) is 62.2 Å². The van der Waals surface area contributed by atoms with Gasteiger partial charge in [0.2, 0.25) is 0 Å². The molecule has 0 radical (unpaired) electrons. The van der Waals surface area contributed by atoms with E-state index in [0.29, 0.717) is 6.54 Å². The number of nitrogens with zero attached hydrogens (tertiary/aromatic N) is 1. The van der Waals surface area contributed by atoms with Crippen LogP contribution in [0.25, 0.3) is 0 Å². The molecule has 0 aliphatic carbocycles. The standard InChI is InChI=1S/C11H9FN2O2S/c12-9-8(11(15)16)3-4-13-10(9)14-6-7-2-1-5-17-7/h1-5H,6H2,(H,13,14)(H,15,16). The van der Waals surface area contributed by atoms with Gasteiger partial charge in [0.25, 0.3) is 0 Å². The summed E-state index contributed by atoms with van der Waals surface area (Å²) in [4.78, 5) is 15.5. The number of carboxylic acids is 1. The smallest absolute Gasteiger partial charge is 0.338 e. The molecular formula is C11H9FN2O2S. The quantitative estimate of drug-likeness (QED) is 0.878. The van der Waals surface area contributed by atoms with Crippen LogP contribution in [-0.2, 0) is 6.54 Å². The van der Waals surface area contributed by atoms with Crippen LogP contribution in [0.1, 0.15) is 15.2 Å². The minimum atomic E-state index is -1.30. The Morgan fingerprint density at radius 1 is 1.53 bits per heavy atom. The maximum absolute atomic E-state index is 13.6. The number of carbonyl (C=O) groups is 1. The lowest BCUT2D eigenvalue weighted by Gasteiger charge is -2.06. The average molecular weight is 252 g/mol. The minimum Gasteiger partial charge on any atom is -0.478 e. The Morgan fingerprint density at radius 3 is 3.00 bits per heavy atom. The van der Waals surface area contributed by atoms with Gasteiger partial charge < -0.3 is 10.4 Å². The summed E-state index contributed by atoms with van der Waals surface area (Å²) in [7, 11) is 0. The fourth-order valence-corrected chi connectivity index (χ4v) is 1.96. The van der Waals surface area contributed by atoms with E-state index in [0.717, 1.165) is 10.9 Å². The van der Waals surface area contributed by atoms with E-state index in [2.05, 4.69) is 10.3 Å². The molecule has 2 aromatic heterocycles. The molecule has 0 atom stereocenters. The molecule has 2 rings (SSSR count). The Labute approximate surface area is 101 Å². The number of aromatic carboxylic acids is 1. The molecule has 0 amide bonds. The Balaban J connectivity index is 2.16. The van der Waals surface area contributed by atoms with Gasteiger partial charge in [0.15, 0.2) is 11.6 Å². The first-order valence-electron chi connectivity index (χ1n) is 4.82. The van der Waals surface area contributed by atoms with Crippen LogP contribution in [0.5, 0.6) is 0 Å². The Kier molecular flexibility index (Phi) is 3.34. The molecule has 0 saturated carbocycles. The molecule has 0 aliphatic heterocycles. The minimum absolute atomic E-state index is 0.0432. The number of hydrogen-bond donors (Lipinski definition) is 2. The number of aromatic nitrogens is 1. The van der Waals surface area contributed by atoms with Crippen LogP contribution in [0.3, 0.4) is 0 Å². The van der Waals surface area contributed by atoms with Gasteiger partial charge in [-0.15, -0.1) is 11.3 Å². The van der Waals surface area contributed by atoms with E-state index in [9.17, 15) is 9.18 Å². The van der Waals surface area contributed by atoms with E-state index in [1.165, 1.54) is 17.5 Å². The van der Waals surface area contributed by atoms with Crippen molar-refractivity contribution in [3.05, 3.63) is 46.0 Å². The molecule has 0 aliphatic rings. The van der Waals surface area contributed by atoms with E-state index < -0.39 is 11.8 Å². The van der Waals surface area contributed by atoms with Crippen molar-refractivity contribution >= 4 is 23.1 Å². The van der Waals surface area contributed by atoms with E-state index in [1.54, 1.807) is 0 Å². The third-order valence-corrected chi connectivity index (χ3v) is 3.01. The summed E-state index contributed by atoms with van der Waals surface area (Å²) in [6.45, 7) is 0.421.